The van der Waals surface area contributed by atoms with E-state index in [1.165, 1.54) is 38.8 Å². The molecule has 2 fully saturated rings. The Labute approximate surface area is 112 Å². The van der Waals surface area contributed by atoms with Crippen LogP contribution in [0.1, 0.15) is 51.9 Å². The van der Waals surface area contributed by atoms with Crippen molar-refractivity contribution in [3.8, 4) is 0 Å². The van der Waals surface area contributed by atoms with Gasteiger partial charge in [-0.15, -0.1) is 0 Å². The molecule has 1 aliphatic carbocycles. The maximum atomic E-state index is 10.2. The van der Waals surface area contributed by atoms with Crippen molar-refractivity contribution in [3.63, 3.8) is 0 Å². The largest absolute Gasteiger partial charge is 0.390 e. The number of nitrogens with zero attached hydrogens (tertiary/aromatic N) is 1. The van der Waals surface area contributed by atoms with Gasteiger partial charge in [0.2, 0.25) is 0 Å². The van der Waals surface area contributed by atoms with Crippen molar-refractivity contribution in [1.29, 1.82) is 0 Å². The highest BCUT2D eigenvalue weighted by molar-refractivity contribution is 4.90. The Bertz CT molecular complexity index is 259. The van der Waals surface area contributed by atoms with Crippen molar-refractivity contribution in [2.75, 3.05) is 33.2 Å². The van der Waals surface area contributed by atoms with Crippen molar-refractivity contribution in [2.45, 2.75) is 57.5 Å². The third kappa shape index (κ3) is 3.69. The predicted molar refractivity (Wildman–Crippen MR) is 75.7 cm³/mol. The Morgan fingerprint density at radius 3 is 2.44 bits per heavy atom. The molecule has 1 saturated heterocycles. The summed E-state index contributed by atoms with van der Waals surface area (Å²) in [4.78, 5) is 2.60. The van der Waals surface area contributed by atoms with E-state index in [4.69, 9.17) is 0 Å². The molecule has 2 N–H and O–H groups in total. The lowest BCUT2D eigenvalue weighted by molar-refractivity contribution is 0.0427. The van der Waals surface area contributed by atoms with Crippen LogP contribution in [0.5, 0.6) is 0 Å². The molecule has 0 radical (unpaired) electrons. The SMILES string of the molecule is CNCC1(CN2CCCC(C)(O)CC2)CCCC1. The first-order valence-electron chi connectivity index (χ1n) is 7.65. The standard InChI is InChI=1S/C15H30N2O/c1-14(18)6-5-10-17(11-9-14)13-15(12-16-2)7-3-4-8-15/h16,18H,3-13H2,1-2H3. The second-order valence-corrected chi connectivity index (χ2v) is 6.86. The second kappa shape index (κ2) is 5.89. The van der Waals surface area contributed by atoms with Gasteiger partial charge < -0.3 is 15.3 Å². The van der Waals surface area contributed by atoms with Gasteiger partial charge in [-0.3, -0.25) is 0 Å². The summed E-state index contributed by atoms with van der Waals surface area (Å²) in [7, 11) is 2.08. The summed E-state index contributed by atoms with van der Waals surface area (Å²) < 4.78 is 0. The molecule has 0 amide bonds. The fraction of sp³-hybridized carbons (Fsp3) is 1.00. The molecule has 1 aliphatic heterocycles. The Hall–Kier alpha value is -0.120. The fourth-order valence-electron chi connectivity index (χ4n) is 3.84. The van der Waals surface area contributed by atoms with Gasteiger partial charge >= 0.3 is 0 Å². The molecule has 1 heterocycles. The van der Waals surface area contributed by atoms with Crippen molar-refractivity contribution in [2.24, 2.45) is 5.41 Å². The Balaban J connectivity index is 1.91. The third-order valence-corrected chi connectivity index (χ3v) is 4.93. The number of hydrogen-bond donors (Lipinski definition) is 2. The Morgan fingerprint density at radius 2 is 1.78 bits per heavy atom. The van der Waals surface area contributed by atoms with E-state index < -0.39 is 5.60 Å². The molecule has 3 heteroatoms. The molecule has 106 valence electrons. The molecule has 18 heavy (non-hydrogen) atoms. The van der Waals surface area contributed by atoms with Gasteiger partial charge in [0.15, 0.2) is 0 Å². The monoisotopic (exact) mass is 254 g/mol. The maximum absolute atomic E-state index is 10.2. The number of likely N-dealkylation sites (tertiary alicyclic amines) is 1. The highest BCUT2D eigenvalue weighted by atomic mass is 16.3. The third-order valence-electron chi connectivity index (χ3n) is 4.93. The lowest BCUT2D eigenvalue weighted by Gasteiger charge is -2.35. The predicted octanol–water partition coefficient (Wildman–Crippen LogP) is 2.00. The van der Waals surface area contributed by atoms with E-state index in [0.717, 1.165) is 32.4 Å². The molecule has 3 nitrogen and oxygen atoms in total. The molecule has 1 unspecified atom stereocenters. The average Bonchev–Trinajstić information content (AvgIpc) is 2.68. The average molecular weight is 254 g/mol. The van der Waals surface area contributed by atoms with Gasteiger partial charge in [0.1, 0.15) is 0 Å². The zero-order valence-electron chi connectivity index (χ0n) is 12.2. The summed E-state index contributed by atoms with van der Waals surface area (Å²) in [6, 6.07) is 0. The number of nitrogens with one attached hydrogen (secondary N) is 1. The minimum atomic E-state index is -0.430. The maximum Gasteiger partial charge on any atom is 0.0632 e. The summed E-state index contributed by atoms with van der Waals surface area (Å²) in [5.41, 5.74) is 0.0749. The minimum absolute atomic E-state index is 0.430. The first-order chi connectivity index (χ1) is 8.55. The van der Waals surface area contributed by atoms with E-state index in [9.17, 15) is 5.11 Å². The van der Waals surface area contributed by atoms with E-state index in [-0.39, 0.29) is 0 Å². The molecule has 0 spiro atoms. The van der Waals surface area contributed by atoms with Crippen LogP contribution in [-0.4, -0.2) is 48.8 Å². The van der Waals surface area contributed by atoms with E-state index in [1.54, 1.807) is 0 Å². The number of hydrogen-bond acceptors (Lipinski definition) is 3. The van der Waals surface area contributed by atoms with Crippen molar-refractivity contribution in [3.05, 3.63) is 0 Å². The first-order valence-corrected chi connectivity index (χ1v) is 7.65. The molecular formula is C15H30N2O. The van der Waals surface area contributed by atoms with Crippen LogP contribution in [-0.2, 0) is 0 Å². The summed E-state index contributed by atoms with van der Waals surface area (Å²) in [6.07, 6.45) is 8.58. The molecule has 1 atom stereocenters. The summed E-state index contributed by atoms with van der Waals surface area (Å²) in [5.74, 6) is 0. The van der Waals surface area contributed by atoms with Crippen LogP contribution in [0.4, 0.5) is 0 Å². The van der Waals surface area contributed by atoms with Crippen LogP contribution in [0.25, 0.3) is 0 Å². The zero-order chi connectivity index (χ0) is 13.1. The fourth-order valence-corrected chi connectivity index (χ4v) is 3.84. The molecular weight excluding hydrogens is 224 g/mol. The molecule has 2 rings (SSSR count). The van der Waals surface area contributed by atoms with Crippen LogP contribution in [0, 0.1) is 5.41 Å². The quantitative estimate of drug-likeness (QED) is 0.805. The van der Waals surface area contributed by atoms with E-state index in [2.05, 4.69) is 17.3 Å². The lowest BCUT2D eigenvalue weighted by atomic mass is 9.85. The van der Waals surface area contributed by atoms with Gasteiger partial charge in [0.25, 0.3) is 0 Å². The molecule has 0 bridgehead atoms. The topological polar surface area (TPSA) is 35.5 Å². The molecule has 2 aliphatic rings. The summed E-state index contributed by atoms with van der Waals surface area (Å²) in [6.45, 7) is 6.61. The van der Waals surface area contributed by atoms with Crippen LogP contribution in [0.15, 0.2) is 0 Å². The minimum Gasteiger partial charge on any atom is -0.390 e. The lowest BCUT2D eigenvalue weighted by Crippen LogP contribution is -2.42. The Morgan fingerprint density at radius 1 is 1.06 bits per heavy atom. The molecule has 0 aromatic rings. The Kier molecular flexibility index (Phi) is 4.68. The van der Waals surface area contributed by atoms with E-state index >= 15 is 0 Å². The van der Waals surface area contributed by atoms with Crippen molar-refractivity contribution in [1.82, 2.24) is 10.2 Å². The smallest absolute Gasteiger partial charge is 0.0632 e. The van der Waals surface area contributed by atoms with E-state index in [1.807, 2.05) is 6.92 Å². The molecule has 0 aromatic heterocycles. The molecule has 0 aromatic carbocycles. The van der Waals surface area contributed by atoms with Crippen LogP contribution in [0.3, 0.4) is 0 Å². The van der Waals surface area contributed by atoms with Crippen molar-refractivity contribution >= 4 is 0 Å². The van der Waals surface area contributed by atoms with Gasteiger partial charge in [-0.25, -0.2) is 0 Å². The van der Waals surface area contributed by atoms with Gasteiger partial charge in [-0.05, 0) is 58.0 Å². The number of aliphatic hydroxyl groups is 1. The van der Waals surface area contributed by atoms with Crippen LogP contribution >= 0.6 is 0 Å². The van der Waals surface area contributed by atoms with Gasteiger partial charge in [-0.2, -0.15) is 0 Å². The van der Waals surface area contributed by atoms with Crippen molar-refractivity contribution < 1.29 is 5.11 Å². The van der Waals surface area contributed by atoms with E-state index in [0.29, 0.717) is 5.41 Å². The zero-order valence-corrected chi connectivity index (χ0v) is 12.2. The highest BCUT2D eigenvalue weighted by Crippen LogP contribution is 2.38. The van der Waals surface area contributed by atoms with Crippen LogP contribution < -0.4 is 5.32 Å². The molecule has 1 saturated carbocycles. The normalized spacial score (nSPS) is 33.5. The van der Waals surface area contributed by atoms with Gasteiger partial charge in [0, 0.05) is 19.6 Å². The highest BCUT2D eigenvalue weighted by Gasteiger charge is 2.36. The summed E-state index contributed by atoms with van der Waals surface area (Å²) in [5, 5.41) is 13.6. The van der Waals surface area contributed by atoms with Crippen LogP contribution in [0.2, 0.25) is 0 Å². The first kappa shape index (κ1) is 14.3. The van der Waals surface area contributed by atoms with Gasteiger partial charge in [0.05, 0.1) is 5.60 Å². The second-order valence-electron chi connectivity index (χ2n) is 6.86. The van der Waals surface area contributed by atoms with Gasteiger partial charge in [-0.1, -0.05) is 12.8 Å². The number of rotatable bonds is 4. The summed E-state index contributed by atoms with van der Waals surface area (Å²) >= 11 is 0.